The molecule has 2 bridgehead atoms. The lowest BCUT2D eigenvalue weighted by Gasteiger charge is -2.63. The number of amides is 1. The van der Waals surface area contributed by atoms with E-state index >= 15 is 0 Å². The van der Waals surface area contributed by atoms with Crippen molar-refractivity contribution in [1.29, 1.82) is 0 Å². The normalized spacial score (nSPS) is 46.2. The molecule has 5 aliphatic heterocycles. The second-order valence-electron chi connectivity index (χ2n) is 9.10. The molecule has 0 aromatic heterocycles. The van der Waals surface area contributed by atoms with Crippen molar-refractivity contribution in [3.8, 4) is 0 Å². The van der Waals surface area contributed by atoms with E-state index in [-0.39, 0.29) is 29.2 Å². The Kier molecular flexibility index (Phi) is 2.63. The smallest absolute Gasteiger partial charge is 0.229 e. The van der Waals surface area contributed by atoms with Crippen LogP contribution in [0, 0.1) is 11.8 Å². The third-order valence-corrected chi connectivity index (χ3v) is 8.65. The SMILES string of the molecule is CO[C@]12C[C@@H]3C4=CCO[C@H]5CC(=O)N6c7ccccc7[C@]1(CCN2C4)[C@@H]6[C@@H]53. The van der Waals surface area contributed by atoms with Crippen LogP contribution in [0.3, 0.4) is 0 Å². The Morgan fingerprint density at radius 3 is 3.07 bits per heavy atom. The zero-order chi connectivity index (χ0) is 18.0. The first kappa shape index (κ1) is 15.3. The van der Waals surface area contributed by atoms with Gasteiger partial charge in [-0.2, -0.15) is 0 Å². The minimum Gasteiger partial charge on any atom is -0.373 e. The third-order valence-electron chi connectivity index (χ3n) is 8.65. The van der Waals surface area contributed by atoms with Gasteiger partial charge in [-0.25, -0.2) is 0 Å². The second-order valence-corrected chi connectivity index (χ2v) is 9.10. The largest absolute Gasteiger partial charge is 0.373 e. The molecule has 0 unspecified atom stereocenters. The fraction of sp³-hybridized carbons (Fsp3) is 0.591. The summed E-state index contributed by atoms with van der Waals surface area (Å²) in [6.07, 6.45) is 4.91. The number of carbonyl (C=O) groups excluding carboxylic acids is 1. The van der Waals surface area contributed by atoms with Gasteiger partial charge < -0.3 is 14.4 Å². The summed E-state index contributed by atoms with van der Waals surface area (Å²) in [7, 11) is 1.88. The topological polar surface area (TPSA) is 42.0 Å². The van der Waals surface area contributed by atoms with E-state index in [1.165, 1.54) is 11.1 Å². The number of benzene rings is 1. The Hall–Kier alpha value is -1.69. The van der Waals surface area contributed by atoms with E-state index in [0.29, 0.717) is 24.9 Å². The molecule has 1 aromatic carbocycles. The molecule has 0 radical (unpaired) electrons. The van der Waals surface area contributed by atoms with Gasteiger partial charge in [0.25, 0.3) is 0 Å². The van der Waals surface area contributed by atoms with Crippen molar-refractivity contribution < 1.29 is 14.3 Å². The number of anilines is 1. The molecule has 1 aliphatic carbocycles. The summed E-state index contributed by atoms with van der Waals surface area (Å²) in [6, 6.07) is 8.74. The number of nitrogens with zero attached hydrogens (tertiary/aromatic N) is 2. The molecule has 1 amide bonds. The summed E-state index contributed by atoms with van der Waals surface area (Å²) in [4.78, 5) is 18.0. The molecule has 5 heteroatoms. The number of fused-ring (bicyclic) bond motifs is 2. The van der Waals surface area contributed by atoms with Crippen LogP contribution >= 0.6 is 0 Å². The molecule has 3 saturated heterocycles. The Bertz CT molecular complexity index is 913. The lowest BCUT2D eigenvalue weighted by molar-refractivity contribution is -0.213. The van der Waals surface area contributed by atoms with E-state index in [4.69, 9.17) is 9.47 Å². The quantitative estimate of drug-likeness (QED) is 0.716. The molecule has 1 saturated carbocycles. The predicted molar refractivity (Wildman–Crippen MR) is 99.4 cm³/mol. The molecular formula is C22H24N2O3. The molecule has 5 heterocycles. The zero-order valence-electron chi connectivity index (χ0n) is 15.6. The van der Waals surface area contributed by atoms with Crippen molar-refractivity contribution in [3.05, 3.63) is 41.5 Å². The number of piperidine rings is 2. The Labute approximate surface area is 158 Å². The van der Waals surface area contributed by atoms with E-state index in [9.17, 15) is 4.79 Å². The highest BCUT2D eigenvalue weighted by Crippen LogP contribution is 2.69. The molecule has 1 spiro atoms. The van der Waals surface area contributed by atoms with E-state index in [1.54, 1.807) is 0 Å². The number of ether oxygens (including phenoxy) is 2. The molecule has 0 N–H and O–H groups in total. The zero-order valence-corrected chi connectivity index (χ0v) is 15.6. The van der Waals surface area contributed by atoms with E-state index in [0.717, 1.165) is 31.6 Å². The van der Waals surface area contributed by atoms with Crippen LogP contribution in [-0.4, -0.2) is 55.5 Å². The summed E-state index contributed by atoms with van der Waals surface area (Å²) in [5.74, 6) is 1.04. The second kappa shape index (κ2) is 4.65. The van der Waals surface area contributed by atoms with Gasteiger partial charge in [-0.05, 0) is 30.4 Å². The molecule has 6 aliphatic rings. The van der Waals surface area contributed by atoms with Crippen molar-refractivity contribution in [2.45, 2.75) is 42.5 Å². The van der Waals surface area contributed by atoms with E-state index in [2.05, 4.69) is 40.1 Å². The van der Waals surface area contributed by atoms with Crippen molar-refractivity contribution in [1.82, 2.24) is 4.90 Å². The minimum atomic E-state index is -0.312. The van der Waals surface area contributed by atoms with Crippen molar-refractivity contribution >= 4 is 11.6 Å². The van der Waals surface area contributed by atoms with Gasteiger partial charge in [-0.3, -0.25) is 9.69 Å². The summed E-state index contributed by atoms with van der Waals surface area (Å²) in [5.41, 5.74) is 3.49. The lowest BCUT2D eigenvalue weighted by Crippen LogP contribution is -2.75. The van der Waals surface area contributed by atoms with Crippen LogP contribution in [0.15, 0.2) is 35.9 Å². The van der Waals surface area contributed by atoms with Crippen LogP contribution in [0.2, 0.25) is 0 Å². The monoisotopic (exact) mass is 364 g/mol. The van der Waals surface area contributed by atoms with Gasteiger partial charge in [0.15, 0.2) is 0 Å². The van der Waals surface area contributed by atoms with E-state index in [1.807, 2.05) is 7.11 Å². The maximum Gasteiger partial charge on any atom is 0.229 e. The fourth-order valence-corrected chi connectivity index (χ4v) is 7.89. The van der Waals surface area contributed by atoms with Gasteiger partial charge >= 0.3 is 0 Å². The maximum atomic E-state index is 13.3. The van der Waals surface area contributed by atoms with Crippen LogP contribution < -0.4 is 4.90 Å². The first-order valence-electron chi connectivity index (χ1n) is 10.2. The standard InChI is InChI=1S/C22H24N2O3/c1-26-22-11-14-13-6-9-27-17-10-18(25)24-16-5-3-2-4-15(16)21(22,20(24)19(14)17)7-8-23(22)12-13/h2-6,14,17,19-20H,7-12H2,1H3/t14-,17+,19-,20+,21-,22-/m1/s1. The average Bonchev–Trinajstić information content (AvgIpc) is 3.13. The first-order chi connectivity index (χ1) is 13.2. The maximum absolute atomic E-state index is 13.3. The van der Waals surface area contributed by atoms with Crippen molar-refractivity contribution in [3.63, 3.8) is 0 Å². The van der Waals surface area contributed by atoms with Crippen LogP contribution in [0.25, 0.3) is 0 Å². The third kappa shape index (κ3) is 1.42. The van der Waals surface area contributed by atoms with Gasteiger partial charge in [0.2, 0.25) is 5.91 Å². The minimum absolute atomic E-state index is 0.0330. The number of methoxy groups -OCH3 is 1. The highest BCUT2D eigenvalue weighted by molar-refractivity contribution is 5.99. The molecule has 1 aromatic rings. The fourth-order valence-electron chi connectivity index (χ4n) is 7.89. The van der Waals surface area contributed by atoms with Gasteiger partial charge in [0.1, 0.15) is 5.72 Å². The van der Waals surface area contributed by atoms with E-state index < -0.39 is 0 Å². The Morgan fingerprint density at radius 1 is 1.30 bits per heavy atom. The molecular weight excluding hydrogens is 340 g/mol. The summed E-state index contributed by atoms with van der Waals surface area (Å²) >= 11 is 0. The highest BCUT2D eigenvalue weighted by atomic mass is 16.5. The van der Waals surface area contributed by atoms with Gasteiger partial charge in [0, 0.05) is 31.8 Å². The highest BCUT2D eigenvalue weighted by Gasteiger charge is 2.77. The van der Waals surface area contributed by atoms with Gasteiger partial charge in [0.05, 0.1) is 30.6 Å². The number of para-hydroxylation sites is 1. The van der Waals surface area contributed by atoms with Crippen LogP contribution in [0.5, 0.6) is 0 Å². The first-order valence-corrected chi connectivity index (χ1v) is 10.2. The number of carbonyl (C=O) groups is 1. The molecule has 5 nitrogen and oxygen atoms in total. The molecule has 140 valence electrons. The number of hydrogen-bond acceptors (Lipinski definition) is 4. The van der Waals surface area contributed by atoms with Crippen molar-refractivity contribution in [2.24, 2.45) is 11.8 Å². The van der Waals surface area contributed by atoms with Crippen LogP contribution in [0.1, 0.15) is 24.8 Å². The molecule has 27 heavy (non-hydrogen) atoms. The van der Waals surface area contributed by atoms with Crippen molar-refractivity contribution in [2.75, 3.05) is 31.7 Å². The van der Waals surface area contributed by atoms with Crippen LogP contribution in [-0.2, 0) is 19.7 Å². The number of hydrogen-bond donors (Lipinski definition) is 0. The van der Waals surface area contributed by atoms with Crippen LogP contribution in [0.4, 0.5) is 5.69 Å². The number of rotatable bonds is 1. The Morgan fingerprint density at radius 2 is 2.19 bits per heavy atom. The van der Waals surface area contributed by atoms with Gasteiger partial charge in [-0.15, -0.1) is 0 Å². The predicted octanol–water partition coefficient (Wildman–Crippen LogP) is 2.07. The molecule has 4 fully saturated rings. The summed E-state index contributed by atoms with van der Waals surface area (Å²) in [5, 5.41) is 0. The summed E-state index contributed by atoms with van der Waals surface area (Å²) in [6.45, 7) is 2.65. The lowest BCUT2D eigenvalue weighted by atomic mass is 9.51. The molecule has 7 rings (SSSR count). The van der Waals surface area contributed by atoms with Gasteiger partial charge in [-0.1, -0.05) is 29.8 Å². The Balaban J connectivity index is 1.58. The average molecular weight is 364 g/mol. The molecule has 6 atom stereocenters. The summed E-state index contributed by atoms with van der Waals surface area (Å²) < 4.78 is 12.7.